The van der Waals surface area contributed by atoms with Gasteiger partial charge in [0.1, 0.15) is 6.26 Å². The fraction of sp³-hybridized carbons (Fsp3) is 0.800. The van der Waals surface area contributed by atoms with E-state index in [9.17, 15) is 0 Å². The van der Waals surface area contributed by atoms with E-state index in [4.69, 9.17) is 4.52 Å². The lowest BCUT2D eigenvalue weighted by Crippen LogP contribution is -2.34. The monoisotopic (exact) mass is 252 g/mol. The molecule has 1 atom stereocenters. The number of nitrogens with zero attached hydrogens (tertiary/aromatic N) is 1. The van der Waals surface area contributed by atoms with Gasteiger partial charge in [-0.25, -0.2) is 0 Å². The summed E-state index contributed by atoms with van der Waals surface area (Å²) in [6.07, 6.45) is 13.7. The van der Waals surface area contributed by atoms with E-state index in [1.54, 1.807) is 12.5 Å². The number of hydrogen-bond donors (Lipinski definition) is 1. The van der Waals surface area contributed by atoms with Gasteiger partial charge in [0.05, 0.1) is 11.9 Å². The fourth-order valence-electron chi connectivity index (χ4n) is 2.37. The summed E-state index contributed by atoms with van der Waals surface area (Å²) in [5, 5.41) is 7.35. The number of unbranched alkanes of at least 4 members (excludes halogenated alkanes) is 4. The lowest BCUT2D eigenvalue weighted by atomic mass is 9.88. The Morgan fingerprint density at radius 2 is 1.83 bits per heavy atom. The number of aromatic nitrogens is 1. The van der Waals surface area contributed by atoms with Crippen molar-refractivity contribution >= 4 is 5.69 Å². The SMILES string of the molecule is CCCCCCC(C)(CCCC)Nc1cnoc1. The molecule has 0 spiro atoms. The molecule has 1 heterocycles. The molecule has 1 N–H and O–H groups in total. The molecule has 1 aromatic rings. The van der Waals surface area contributed by atoms with Crippen molar-refractivity contribution in [1.82, 2.24) is 5.16 Å². The third-order valence-corrected chi connectivity index (χ3v) is 3.54. The first kappa shape index (κ1) is 15.1. The second-order valence-electron chi connectivity index (χ2n) is 5.51. The topological polar surface area (TPSA) is 38.1 Å². The maximum Gasteiger partial charge on any atom is 0.146 e. The highest BCUT2D eigenvalue weighted by atomic mass is 16.5. The van der Waals surface area contributed by atoms with Crippen molar-refractivity contribution in [3.63, 3.8) is 0 Å². The van der Waals surface area contributed by atoms with E-state index >= 15 is 0 Å². The Hall–Kier alpha value is -0.990. The molecule has 0 amide bonds. The lowest BCUT2D eigenvalue weighted by molar-refractivity contribution is 0.399. The zero-order valence-corrected chi connectivity index (χ0v) is 12.2. The summed E-state index contributed by atoms with van der Waals surface area (Å²) in [5.41, 5.74) is 1.18. The third-order valence-electron chi connectivity index (χ3n) is 3.54. The molecule has 1 aromatic heterocycles. The molecule has 0 radical (unpaired) electrons. The Kier molecular flexibility index (Phi) is 6.84. The molecule has 1 unspecified atom stereocenters. The average Bonchev–Trinajstić information content (AvgIpc) is 2.85. The Morgan fingerprint density at radius 3 is 2.44 bits per heavy atom. The highest BCUT2D eigenvalue weighted by molar-refractivity contribution is 5.39. The van der Waals surface area contributed by atoms with Gasteiger partial charge in [0.15, 0.2) is 0 Å². The molecule has 0 aliphatic heterocycles. The summed E-state index contributed by atoms with van der Waals surface area (Å²) in [6, 6.07) is 0. The van der Waals surface area contributed by atoms with Crippen molar-refractivity contribution in [3.05, 3.63) is 12.5 Å². The predicted octanol–water partition coefficient (Wildman–Crippen LogP) is 5.01. The third kappa shape index (κ3) is 5.56. The highest BCUT2D eigenvalue weighted by Gasteiger charge is 2.23. The molecule has 1 rings (SSSR count). The summed E-state index contributed by atoms with van der Waals surface area (Å²) in [7, 11) is 0. The van der Waals surface area contributed by atoms with Gasteiger partial charge < -0.3 is 9.84 Å². The van der Waals surface area contributed by atoms with Gasteiger partial charge >= 0.3 is 0 Å². The van der Waals surface area contributed by atoms with E-state index in [-0.39, 0.29) is 5.54 Å². The zero-order valence-electron chi connectivity index (χ0n) is 12.2. The van der Waals surface area contributed by atoms with E-state index in [0.29, 0.717) is 0 Å². The molecule has 0 aliphatic rings. The second-order valence-corrected chi connectivity index (χ2v) is 5.51. The van der Waals surface area contributed by atoms with Crippen LogP contribution in [0, 0.1) is 0 Å². The predicted molar refractivity (Wildman–Crippen MR) is 76.8 cm³/mol. The first-order chi connectivity index (χ1) is 8.70. The van der Waals surface area contributed by atoms with Crippen LogP contribution in [0.15, 0.2) is 17.0 Å². The van der Waals surface area contributed by atoms with Gasteiger partial charge in [-0.05, 0) is 19.8 Å². The summed E-state index contributed by atoms with van der Waals surface area (Å²) >= 11 is 0. The Labute approximate surface area is 111 Å². The summed E-state index contributed by atoms with van der Waals surface area (Å²) in [6.45, 7) is 6.82. The van der Waals surface area contributed by atoms with Crippen LogP contribution in [0.5, 0.6) is 0 Å². The molecule has 104 valence electrons. The van der Waals surface area contributed by atoms with E-state index in [0.717, 1.165) is 5.69 Å². The van der Waals surface area contributed by atoms with Crippen LogP contribution in [0.4, 0.5) is 5.69 Å². The maximum atomic E-state index is 4.90. The van der Waals surface area contributed by atoms with Crippen LogP contribution in [-0.2, 0) is 0 Å². The zero-order chi connectivity index (χ0) is 13.3. The number of hydrogen-bond acceptors (Lipinski definition) is 3. The van der Waals surface area contributed by atoms with E-state index in [1.165, 1.54) is 51.4 Å². The van der Waals surface area contributed by atoms with Gasteiger partial charge in [-0.1, -0.05) is 57.5 Å². The number of nitrogens with one attached hydrogen (secondary N) is 1. The Morgan fingerprint density at radius 1 is 1.11 bits per heavy atom. The van der Waals surface area contributed by atoms with Crippen LogP contribution >= 0.6 is 0 Å². The Bertz CT molecular complexity index is 297. The normalized spacial score (nSPS) is 14.4. The molecule has 0 bridgehead atoms. The molecular formula is C15H28N2O. The van der Waals surface area contributed by atoms with Crippen LogP contribution in [0.1, 0.15) is 72.1 Å². The second kappa shape index (κ2) is 8.17. The fourth-order valence-corrected chi connectivity index (χ4v) is 2.37. The number of rotatable bonds is 10. The van der Waals surface area contributed by atoms with Gasteiger partial charge in [0.25, 0.3) is 0 Å². The molecule has 3 heteroatoms. The van der Waals surface area contributed by atoms with E-state index in [2.05, 4.69) is 31.2 Å². The molecule has 18 heavy (non-hydrogen) atoms. The van der Waals surface area contributed by atoms with Crippen LogP contribution in [0.25, 0.3) is 0 Å². The number of anilines is 1. The van der Waals surface area contributed by atoms with E-state index in [1.807, 2.05) is 0 Å². The summed E-state index contributed by atoms with van der Waals surface area (Å²) < 4.78 is 4.90. The van der Waals surface area contributed by atoms with Crippen LogP contribution in [-0.4, -0.2) is 10.7 Å². The van der Waals surface area contributed by atoms with Crippen molar-refractivity contribution in [3.8, 4) is 0 Å². The minimum atomic E-state index is 0.176. The minimum absolute atomic E-state index is 0.176. The molecular weight excluding hydrogens is 224 g/mol. The van der Waals surface area contributed by atoms with E-state index < -0.39 is 0 Å². The molecule has 0 aromatic carbocycles. The van der Waals surface area contributed by atoms with Gasteiger partial charge in [0, 0.05) is 5.54 Å². The van der Waals surface area contributed by atoms with Crippen LogP contribution < -0.4 is 5.32 Å². The summed E-state index contributed by atoms with van der Waals surface area (Å²) in [5.74, 6) is 0. The van der Waals surface area contributed by atoms with Crippen molar-refractivity contribution in [2.24, 2.45) is 0 Å². The van der Waals surface area contributed by atoms with Gasteiger partial charge in [-0.15, -0.1) is 0 Å². The first-order valence-electron chi connectivity index (χ1n) is 7.38. The van der Waals surface area contributed by atoms with Crippen molar-refractivity contribution < 1.29 is 4.52 Å². The van der Waals surface area contributed by atoms with Gasteiger partial charge in [0.2, 0.25) is 0 Å². The Balaban J connectivity index is 2.45. The smallest absolute Gasteiger partial charge is 0.146 e. The molecule has 0 saturated heterocycles. The largest absolute Gasteiger partial charge is 0.376 e. The minimum Gasteiger partial charge on any atom is -0.376 e. The molecule has 3 nitrogen and oxygen atoms in total. The van der Waals surface area contributed by atoms with Gasteiger partial charge in [-0.2, -0.15) is 0 Å². The van der Waals surface area contributed by atoms with Crippen molar-refractivity contribution in [1.29, 1.82) is 0 Å². The van der Waals surface area contributed by atoms with Gasteiger partial charge in [-0.3, -0.25) is 0 Å². The highest BCUT2D eigenvalue weighted by Crippen LogP contribution is 2.26. The maximum absolute atomic E-state index is 4.90. The lowest BCUT2D eigenvalue weighted by Gasteiger charge is -2.31. The van der Waals surface area contributed by atoms with Crippen molar-refractivity contribution in [2.45, 2.75) is 77.7 Å². The molecule has 0 saturated carbocycles. The summed E-state index contributed by atoms with van der Waals surface area (Å²) in [4.78, 5) is 0. The average molecular weight is 252 g/mol. The standard InChI is InChI=1S/C15H28N2O/c1-4-6-8-9-11-15(3,10-7-5-2)17-14-12-16-18-13-14/h12-13,17H,4-11H2,1-3H3. The van der Waals surface area contributed by atoms with Crippen molar-refractivity contribution in [2.75, 3.05) is 5.32 Å². The first-order valence-corrected chi connectivity index (χ1v) is 7.38. The quantitative estimate of drug-likeness (QED) is 0.595. The van der Waals surface area contributed by atoms with Crippen LogP contribution in [0.3, 0.4) is 0 Å². The molecule has 0 aliphatic carbocycles. The van der Waals surface area contributed by atoms with Crippen LogP contribution in [0.2, 0.25) is 0 Å². The molecule has 0 fully saturated rings.